The first-order chi connectivity index (χ1) is 6.66. The van der Waals surface area contributed by atoms with Crippen molar-refractivity contribution in [3.8, 4) is 0 Å². The van der Waals surface area contributed by atoms with Gasteiger partial charge in [0.1, 0.15) is 6.17 Å². The van der Waals surface area contributed by atoms with Crippen LogP contribution in [0.2, 0.25) is 0 Å². The van der Waals surface area contributed by atoms with E-state index in [9.17, 15) is 4.39 Å². The third kappa shape index (κ3) is 10.0. The first kappa shape index (κ1) is 13.9. The highest BCUT2D eigenvalue weighted by molar-refractivity contribution is 4.57. The highest BCUT2D eigenvalue weighted by Gasteiger charge is 2.05. The molecule has 1 heteroatoms. The average molecular weight is 202 g/mol. The van der Waals surface area contributed by atoms with E-state index in [1.807, 2.05) is 0 Å². The van der Waals surface area contributed by atoms with E-state index < -0.39 is 6.17 Å². The molecule has 0 amide bonds. The van der Waals surface area contributed by atoms with E-state index in [-0.39, 0.29) is 0 Å². The molecule has 1 unspecified atom stereocenters. The molecule has 0 bridgehead atoms. The number of rotatable bonds is 9. The van der Waals surface area contributed by atoms with E-state index in [1.165, 1.54) is 25.7 Å². The molecule has 0 aliphatic carbocycles. The van der Waals surface area contributed by atoms with Crippen molar-refractivity contribution >= 4 is 0 Å². The molecule has 0 aromatic heterocycles. The first-order valence-electron chi connectivity index (χ1n) is 6.30. The van der Waals surface area contributed by atoms with Gasteiger partial charge >= 0.3 is 0 Å². The molecule has 0 saturated heterocycles. The SMILES string of the molecule is CCCCCC(F)CCCCC(C)C. The summed E-state index contributed by atoms with van der Waals surface area (Å²) in [5, 5.41) is 0. The minimum atomic E-state index is -0.534. The van der Waals surface area contributed by atoms with Gasteiger partial charge in [0.25, 0.3) is 0 Å². The summed E-state index contributed by atoms with van der Waals surface area (Å²) in [6, 6.07) is 0. The molecule has 14 heavy (non-hydrogen) atoms. The molecule has 0 aliphatic rings. The summed E-state index contributed by atoms with van der Waals surface area (Å²) in [4.78, 5) is 0. The predicted octanol–water partition coefficient (Wildman–Crippen LogP) is 5.12. The zero-order valence-corrected chi connectivity index (χ0v) is 10.2. The first-order valence-corrected chi connectivity index (χ1v) is 6.30. The van der Waals surface area contributed by atoms with Crippen LogP contribution in [0.15, 0.2) is 0 Å². The number of hydrogen-bond acceptors (Lipinski definition) is 0. The van der Waals surface area contributed by atoms with Crippen LogP contribution in [0.1, 0.15) is 72.1 Å². The molecule has 0 aromatic carbocycles. The van der Waals surface area contributed by atoms with Crippen molar-refractivity contribution in [2.75, 3.05) is 0 Å². The molecular formula is C13H27F. The topological polar surface area (TPSA) is 0 Å². The number of halogens is 1. The van der Waals surface area contributed by atoms with Crippen LogP contribution in [0.5, 0.6) is 0 Å². The summed E-state index contributed by atoms with van der Waals surface area (Å²) in [5.74, 6) is 0.771. The second-order valence-electron chi connectivity index (χ2n) is 4.77. The Labute approximate surface area is 89.3 Å². The van der Waals surface area contributed by atoms with Crippen molar-refractivity contribution in [1.29, 1.82) is 0 Å². The average Bonchev–Trinajstić information content (AvgIpc) is 2.13. The van der Waals surface area contributed by atoms with Crippen LogP contribution in [-0.2, 0) is 0 Å². The molecule has 1 atom stereocenters. The molecule has 86 valence electrons. The predicted molar refractivity (Wildman–Crippen MR) is 62.3 cm³/mol. The molecule has 0 fully saturated rings. The lowest BCUT2D eigenvalue weighted by molar-refractivity contribution is 0.278. The standard InChI is InChI=1S/C13H27F/c1-4-5-6-10-13(14)11-8-7-9-12(2)3/h12-13H,4-11H2,1-3H3. The van der Waals surface area contributed by atoms with Gasteiger partial charge in [-0.15, -0.1) is 0 Å². The Morgan fingerprint density at radius 2 is 1.36 bits per heavy atom. The lowest BCUT2D eigenvalue weighted by Gasteiger charge is -2.08. The summed E-state index contributed by atoms with van der Waals surface area (Å²) in [6.07, 6.45) is 8.02. The van der Waals surface area contributed by atoms with Crippen LogP contribution in [0, 0.1) is 5.92 Å². The Kier molecular flexibility index (Phi) is 9.44. The third-order valence-corrected chi connectivity index (χ3v) is 2.67. The highest BCUT2D eigenvalue weighted by atomic mass is 19.1. The lowest BCUT2D eigenvalue weighted by atomic mass is 10.0. The van der Waals surface area contributed by atoms with Crippen molar-refractivity contribution in [2.24, 2.45) is 5.92 Å². The summed E-state index contributed by atoms with van der Waals surface area (Å²) < 4.78 is 13.3. The molecule has 0 nitrogen and oxygen atoms in total. The maximum atomic E-state index is 13.3. The summed E-state index contributed by atoms with van der Waals surface area (Å²) >= 11 is 0. The van der Waals surface area contributed by atoms with E-state index >= 15 is 0 Å². The molecule has 0 rings (SSSR count). The minimum Gasteiger partial charge on any atom is -0.247 e. The fourth-order valence-electron chi connectivity index (χ4n) is 1.68. The molecule has 0 aliphatic heterocycles. The zero-order chi connectivity index (χ0) is 10.8. The quantitative estimate of drug-likeness (QED) is 0.455. The molecule has 0 saturated carbocycles. The van der Waals surface area contributed by atoms with Crippen molar-refractivity contribution in [2.45, 2.75) is 78.3 Å². The van der Waals surface area contributed by atoms with Gasteiger partial charge in [-0.1, -0.05) is 59.3 Å². The van der Waals surface area contributed by atoms with E-state index in [4.69, 9.17) is 0 Å². The summed E-state index contributed by atoms with van der Waals surface area (Å²) in [5.41, 5.74) is 0. The Morgan fingerprint density at radius 1 is 0.857 bits per heavy atom. The second-order valence-corrected chi connectivity index (χ2v) is 4.77. The van der Waals surface area contributed by atoms with Gasteiger partial charge in [-0.2, -0.15) is 0 Å². The van der Waals surface area contributed by atoms with Crippen LogP contribution in [0.3, 0.4) is 0 Å². The van der Waals surface area contributed by atoms with Gasteiger partial charge in [-0.25, -0.2) is 4.39 Å². The molecule has 0 radical (unpaired) electrons. The van der Waals surface area contributed by atoms with Gasteiger partial charge in [0, 0.05) is 0 Å². The van der Waals surface area contributed by atoms with E-state index in [0.717, 1.165) is 31.6 Å². The Balaban J connectivity index is 3.14. The smallest absolute Gasteiger partial charge is 0.100 e. The molecule has 0 spiro atoms. The van der Waals surface area contributed by atoms with Crippen molar-refractivity contribution < 1.29 is 4.39 Å². The lowest BCUT2D eigenvalue weighted by Crippen LogP contribution is -2.00. The summed E-state index contributed by atoms with van der Waals surface area (Å²) in [6.45, 7) is 6.62. The van der Waals surface area contributed by atoms with Crippen LogP contribution in [-0.4, -0.2) is 6.17 Å². The normalized spacial score (nSPS) is 13.5. The molecule has 0 heterocycles. The van der Waals surface area contributed by atoms with Gasteiger partial charge in [0.15, 0.2) is 0 Å². The third-order valence-electron chi connectivity index (χ3n) is 2.67. The van der Waals surface area contributed by atoms with E-state index in [1.54, 1.807) is 0 Å². The highest BCUT2D eigenvalue weighted by Crippen LogP contribution is 2.15. The Morgan fingerprint density at radius 3 is 1.86 bits per heavy atom. The second kappa shape index (κ2) is 9.48. The van der Waals surface area contributed by atoms with E-state index in [0.29, 0.717) is 0 Å². The fourth-order valence-corrected chi connectivity index (χ4v) is 1.68. The fraction of sp³-hybridized carbons (Fsp3) is 1.00. The van der Waals surface area contributed by atoms with E-state index in [2.05, 4.69) is 20.8 Å². The maximum absolute atomic E-state index is 13.3. The van der Waals surface area contributed by atoms with Gasteiger partial charge in [-0.3, -0.25) is 0 Å². The van der Waals surface area contributed by atoms with Gasteiger partial charge in [-0.05, 0) is 18.8 Å². The molecule has 0 N–H and O–H groups in total. The Bertz CT molecular complexity index is 110. The molecule has 0 aromatic rings. The summed E-state index contributed by atoms with van der Waals surface area (Å²) in [7, 11) is 0. The van der Waals surface area contributed by atoms with Crippen LogP contribution in [0.4, 0.5) is 4.39 Å². The van der Waals surface area contributed by atoms with Crippen molar-refractivity contribution in [3.63, 3.8) is 0 Å². The monoisotopic (exact) mass is 202 g/mol. The largest absolute Gasteiger partial charge is 0.247 e. The zero-order valence-electron chi connectivity index (χ0n) is 10.2. The minimum absolute atomic E-state index is 0.534. The van der Waals surface area contributed by atoms with Crippen LogP contribution < -0.4 is 0 Å². The van der Waals surface area contributed by atoms with Crippen molar-refractivity contribution in [3.05, 3.63) is 0 Å². The van der Waals surface area contributed by atoms with Gasteiger partial charge in [0.2, 0.25) is 0 Å². The number of unbranched alkanes of at least 4 members (excludes halogenated alkanes) is 3. The molecular weight excluding hydrogens is 175 g/mol. The Hall–Kier alpha value is -0.0700. The maximum Gasteiger partial charge on any atom is 0.100 e. The van der Waals surface area contributed by atoms with Crippen LogP contribution in [0.25, 0.3) is 0 Å². The van der Waals surface area contributed by atoms with Crippen LogP contribution >= 0.6 is 0 Å². The van der Waals surface area contributed by atoms with Gasteiger partial charge < -0.3 is 0 Å². The number of alkyl halides is 1. The van der Waals surface area contributed by atoms with Gasteiger partial charge in [0.05, 0.1) is 0 Å². The van der Waals surface area contributed by atoms with Crippen molar-refractivity contribution in [1.82, 2.24) is 0 Å². The number of hydrogen-bond donors (Lipinski definition) is 0.